The molecule has 0 radical (unpaired) electrons. The number of carbonyl (C=O) groups excluding carboxylic acids is 2. The summed E-state index contributed by atoms with van der Waals surface area (Å²) < 4.78 is 1.95. The second-order valence-corrected chi connectivity index (χ2v) is 7.24. The highest BCUT2D eigenvalue weighted by Gasteiger charge is 2.21. The molecule has 2 aromatic rings. The fourth-order valence-corrected chi connectivity index (χ4v) is 3.31. The Balaban J connectivity index is 1.59. The van der Waals surface area contributed by atoms with Crippen LogP contribution in [0, 0.1) is 6.92 Å². The molecule has 0 unspecified atom stereocenters. The first-order valence-electron chi connectivity index (χ1n) is 9.26. The summed E-state index contributed by atoms with van der Waals surface area (Å²) in [6, 6.07) is 9.96. The van der Waals surface area contributed by atoms with Gasteiger partial charge in [-0.25, -0.2) is 4.79 Å². The molecule has 7 nitrogen and oxygen atoms in total. The predicted octanol–water partition coefficient (Wildman–Crippen LogP) is 1.94. The molecule has 0 aliphatic carbocycles. The molecular weight excluding hydrogens is 342 g/mol. The van der Waals surface area contributed by atoms with Crippen LogP contribution in [0.1, 0.15) is 28.9 Å². The van der Waals surface area contributed by atoms with E-state index in [1.165, 1.54) is 0 Å². The minimum absolute atomic E-state index is 0.0117. The monoisotopic (exact) mass is 369 g/mol. The molecule has 3 rings (SSSR count). The summed E-state index contributed by atoms with van der Waals surface area (Å²) in [7, 11) is 3.53. The second kappa shape index (κ2) is 8.24. The second-order valence-electron chi connectivity index (χ2n) is 7.24. The van der Waals surface area contributed by atoms with Crippen LogP contribution in [-0.4, -0.2) is 52.2 Å². The zero-order valence-corrected chi connectivity index (χ0v) is 16.2. The van der Waals surface area contributed by atoms with Gasteiger partial charge in [-0.15, -0.1) is 0 Å². The van der Waals surface area contributed by atoms with Gasteiger partial charge in [-0.2, -0.15) is 5.10 Å². The number of benzene rings is 1. The number of carbonyl (C=O) groups is 2. The van der Waals surface area contributed by atoms with Crippen LogP contribution in [0.25, 0.3) is 0 Å². The number of nitrogens with zero attached hydrogens (tertiary/aromatic N) is 4. The molecule has 1 aromatic carbocycles. The van der Waals surface area contributed by atoms with Gasteiger partial charge in [0.15, 0.2) is 0 Å². The Labute approximate surface area is 159 Å². The number of urea groups is 1. The average molecular weight is 369 g/mol. The predicted molar refractivity (Wildman–Crippen MR) is 103 cm³/mol. The Morgan fingerprint density at radius 3 is 2.78 bits per heavy atom. The van der Waals surface area contributed by atoms with Crippen LogP contribution >= 0.6 is 0 Å². The Morgan fingerprint density at radius 2 is 2.04 bits per heavy atom. The van der Waals surface area contributed by atoms with Crippen LogP contribution in [0.5, 0.6) is 0 Å². The van der Waals surface area contributed by atoms with Gasteiger partial charge in [0.1, 0.15) is 0 Å². The maximum atomic E-state index is 12.2. The van der Waals surface area contributed by atoms with Crippen molar-refractivity contribution >= 4 is 11.9 Å². The number of hydrogen-bond donors (Lipinski definition) is 1. The van der Waals surface area contributed by atoms with Gasteiger partial charge in [-0.1, -0.05) is 29.8 Å². The number of aryl methyl sites for hydroxylation is 2. The third kappa shape index (κ3) is 4.87. The first-order chi connectivity index (χ1) is 12.9. The van der Waals surface area contributed by atoms with E-state index in [2.05, 4.69) is 10.4 Å². The largest absolute Gasteiger partial charge is 0.350 e. The van der Waals surface area contributed by atoms with Crippen molar-refractivity contribution in [2.24, 2.45) is 0 Å². The minimum Gasteiger partial charge on any atom is -0.350 e. The van der Waals surface area contributed by atoms with Crippen molar-refractivity contribution in [1.29, 1.82) is 0 Å². The highest BCUT2D eigenvalue weighted by molar-refractivity contribution is 5.78. The van der Waals surface area contributed by atoms with Crippen LogP contribution in [0.3, 0.4) is 0 Å². The van der Waals surface area contributed by atoms with Crippen LogP contribution in [0.4, 0.5) is 4.79 Å². The summed E-state index contributed by atoms with van der Waals surface area (Å²) in [5, 5.41) is 7.53. The lowest BCUT2D eigenvalue weighted by Gasteiger charge is -2.23. The van der Waals surface area contributed by atoms with Gasteiger partial charge in [0.05, 0.1) is 30.9 Å². The minimum atomic E-state index is -0.0202. The third-order valence-electron chi connectivity index (χ3n) is 4.63. The van der Waals surface area contributed by atoms with Crippen molar-refractivity contribution in [1.82, 2.24) is 24.9 Å². The van der Waals surface area contributed by atoms with Crippen LogP contribution in [0.15, 0.2) is 30.3 Å². The molecule has 0 saturated heterocycles. The van der Waals surface area contributed by atoms with E-state index in [4.69, 9.17) is 0 Å². The molecule has 1 aliphatic heterocycles. The summed E-state index contributed by atoms with van der Waals surface area (Å²) in [6.07, 6.45) is 1.23. The van der Waals surface area contributed by atoms with Gasteiger partial charge >= 0.3 is 6.03 Å². The summed E-state index contributed by atoms with van der Waals surface area (Å²) >= 11 is 0. The molecule has 0 spiro atoms. The SMILES string of the molecule is Cc1cccc(CC(=O)NCc2cc3n(n2)CCCN(C(=O)N(C)C)C3)c1. The standard InChI is InChI=1S/C20H27N5O2/c1-15-6-4-7-16(10-15)11-19(26)21-13-17-12-18-14-24(20(27)23(2)3)8-5-9-25(18)22-17/h4,6-7,10,12H,5,8-9,11,13-14H2,1-3H3,(H,21,26). The van der Waals surface area contributed by atoms with Gasteiger partial charge in [0.2, 0.25) is 5.91 Å². The normalized spacial score (nSPS) is 13.7. The summed E-state index contributed by atoms with van der Waals surface area (Å²) in [5.74, 6) is -0.0202. The van der Waals surface area contributed by atoms with E-state index < -0.39 is 0 Å². The average Bonchev–Trinajstić information content (AvgIpc) is 2.89. The molecule has 1 aliphatic rings. The fourth-order valence-electron chi connectivity index (χ4n) is 3.31. The number of amides is 3. The number of rotatable bonds is 4. The molecule has 27 heavy (non-hydrogen) atoms. The molecule has 0 fully saturated rings. The molecular formula is C20H27N5O2. The van der Waals surface area contributed by atoms with Crippen LogP contribution in [0.2, 0.25) is 0 Å². The zero-order chi connectivity index (χ0) is 19.4. The Hall–Kier alpha value is -2.83. The Morgan fingerprint density at radius 1 is 1.22 bits per heavy atom. The summed E-state index contributed by atoms with van der Waals surface area (Å²) in [4.78, 5) is 27.9. The van der Waals surface area contributed by atoms with Crippen molar-refractivity contribution in [3.63, 3.8) is 0 Å². The topological polar surface area (TPSA) is 70.5 Å². The number of nitrogens with one attached hydrogen (secondary N) is 1. The maximum Gasteiger partial charge on any atom is 0.319 e. The third-order valence-corrected chi connectivity index (χ3v) is 4.63. The van der Waals surface area contributed by atoms with Gasteiger partial charge in [0.25, 0.3) is 0 Å². The highest BCUT2D eigenvalue weighted by Crippen LogP contribution is 2.15. The molecule has 0 bridgehead atoms. The molecule has 7 heteroatoms. The molecule has 3 amide bonds. The lowest BCUT2D eigenvalue weighted by Crippen LogP contribution is -2.38. The van der Waals surface area contributed by atoms with E-state index in [-0.39, 0.29) is 11.9 Å². The van der Waals surface area contributed by atoms with Crippen molar-refractivity contribution in [3.05, 3.63) is 52.8 Å². The number of aromatic nitrogens is 2. The summed E-state index contributed by atoms with van der Waals surface area (Å²) in [5.41, 5.74) is 3.98. The van der Waals surface area contributed by atoms with E-state index >= 15 is 0 Å². The van der Waals surface area contributed by atoms with E-state index in [1.807, 2.05) is 46.8 Å². The van der Waals surface area contributed by atoms with Crippen LogP contribution in [-0.2, 0) is 30.8 Å². The van der Waals surface area contributed by atoms with Gasteiger partial charge in [-0.3, -0.25) is 9.48 Å². The molecule has 2 heterocycles. The first kappa shape index (κ1) is 18.9. The lowest BCUT2D eigenvalue weighted by atomic mass is 10.1. The molecule has 144 valence electrons. The van der Waals surface area contributed by atoms with Gasteiger partial charge in [-0.05, 0) is 25.0 Å². The van der Waals surface area contributed by atoms with Crippen molar-refractivity contribution in [2.75, 3.05) is 20.6 Å². The molecule has 0 atom stereocenters. The summed E-state index contributed by atoms with van der Waals surface area (Å²) in [6.45, 7) is 4.46. The van der Waals surface area contributed by atoms with Crippen molar-refractivity contribution in [2.45, 2.75) is 39.4 Å². The van der Waals surface area contributed by atoms with Gasteiger partial charge < -0.3 is 15.1 Å². The van der Waals surface area contributed by atoms with Crippen molar-refractivity contribution in [3.8, 4) is 0 Å². The first-order valence-corrected chi connectivity index (χ1v) is 9.26. The molecule has 1 N–H and O–H groups in total. The Kier molecular flexibility index (Phi) is 5.78. The number of fused-ring (bicyclic) bond motifs is 1. The van der Waals surface area contributed by atoms with E-state index in [0.717, 1.165) is 42.0 Å². The zero-order valence-electron chi connectivity index (χ0n) is 16.2. The maximum absolute atomic E-state index is 12.2. The van der Waals surface area contributed by atoms with E-state index in [0.29, 0.717) is 19.5 Å². The van der Waals surface area contributed by atoms with E-state index in [1.54, 1.807) is 19.0 Å². The highest BCUT2D eigenvalue weighted by atomic mass is 16.2. The Bertz CT molecular complexity index is 828. The molecule has 0 saturated carbocycles. The van der Waals surface area contributed by atoms with Crippen LogP contribution < -0.4 is 5.32 Å². The fraction of sp³-hybridized carbons (Fsp3) is 0.450. The lowest BCUT2D eigenvalue weighted by molar-refractivity contribution is -0.120. The van der Waals surface area contributed by atoms with Gasteiger partial charge in [0, 0.05) is 27.2 Å². The quantitative estimate of drug-likeness (QED) is 0.895. The van der Waals surface area contributed by atoms with E-state index in [9.17, 15) is 9.59 Å². The smallest absolute Gasteiger partial charge is 0.319 e. The molecule has 1 aromatic heterocycles. The number of hydrogen-bond acceptors (Lipinski definition) is 3. The van der Waals surface area contributed by atoms with Crippen molar-refractivity contribution < 1.29 is 9.59 Å².